The second-order valence-corrected chi connectivity index (χ2v) is 5.79. The molecule has 4 aromatic rings. The molecule has 0 N–H and O–H groups in total. The van der Waals surface area contributed by atoms with Crippen molar-refractivity contribution >= 4 is 5.97 Å². The van der Waals surface area contributed by atoms with Gasteiger partial charge in [0.15, 0.2) is 5.69 Å². The Labute approximate surface area is 154 Å². The number of carbonyl (C=O) groups is 1. The van der Waals surface area contributed by atoms with Gasteiger partial charge in [0.25, 0.3) is 0 Å². The van der Waals surface area contributed by atoms with E-state index in [2.05, 4.69) is 20.6 Å². The summed E-state index contributed by atoms with van der Waals surface area (Å²) in [5, 5.41) is 16.1. The van der Waals surface area contributed by atoms with Crippen LogP contribution in [-0.2, 0) is 4.74 Å². The molecule has 0 spiro atoms. The molecule has 0 aliphatic rings. The van der Waals surface area contributed by atoms with Crippen LogP contribution in [0, 0.1) is 6.92 Å². The minimum atomic E-state index is -0.557. The summed E-state index contributed by atoms with van der Waals surface area (Å²) in [5.74, 6) is 0.178. The van der Waals surface area contributed by atoms with Gasteiger partial charge in [0.2, 0.25) is 11.6 Å². The van der Waals surface area contributed by atoms with Crippen LogP contribution < -0.4 is 0 Å². The summed E-state index contributed by atoms with van der Waals surface area (Å²) in [4.78, 5) is 12.4. The number of hydrogen-bond donors (Lipinski definition) is 0. The van der Waals surface area contributed by atoms with Gasteiger partial charge in [0.05, 0.1) is 6.61 Å². The van der Waals surface area contributed by atoms with Crippen molar-refractivity contribution in [2.45, 2.75) is 13.8 Å². The van der Waals surface area contributed by atoms with E-state index in [4.69, 9.17) is 9.37 Å². The van der Waals surface area contributed by atoms with Crippen LogP contribution in [0.1, 0.15) is 23.0 Å². The van der Waals surface area contributed by atoms with Crippen molar-refractivity contribution < 1.29 is 14.2 Å². The standard InChI is InChI=1S/C18H16N6O3/c1-3-26-18(25)14-15(13-8-6-12(2)7-9-13)24(22-19-14)17-16(20-27-21-17)23-10-4-5-11-23/h4-11H,3H2,1-2H3. The first-order valence-corrected chi connectivity index (χ1v) is 8.35. The monoisotopic (exact) mass is 364 g/mol. The maximum atomic E-state index is 12.4. The lowest BCUT2D eigenvalue weighted by molar-refractivity contribution is 0.0520. The summed E-state index contributed by atoms with van der Waals surface area (Å²) in [7, 11) is 0. The fraction of sp³-hybridized carbons (Fsp3) is 0.167. The molecular weight excluding hydrogens is 348 g/mol. The van der Waals surface area contributed by atoms with Crippen molar-refractivity contribution in [1.29, 1.82) is 0 Å². The van der Waals surface area contributed by atoms with Crippen molar-refractivity contribution in [3.05, 3.63) is 60.0 Å². The lowest BCUT2D eigenvalue weighted by Gasteiger charge is -2.07. The first kappa shape index (κ1) is 16.7. The van der Waals surface area contributed by atoms with E-state index < -0.39 is 5.97 Å². The highest BCUT2D eigenvalue weighted by molar-refractivity contribution is 5.94. The number of ether oxygens (including phenoxy) is 1. The highest BCUT2D eigenvalue weighted by atomic mass is 16.6. The molecular formula is C18H16N6O3. The number of hydrogen-bond acceptors (Lipinski definition) is 7. The van der Waals surface area contributed by atoms with Gasteiger partial charge in [0, 0.05) is 18.0 Å². The Kier molecular flexibility index (Phi) is 4.25. The SMILES string of the molecule is CCOC(=O)c1nnn(-c2nonc2-n2cccc2)c1-c1ccc(C)cc1. The van der Waals surface area contributed by atoms with E-state index in [1.165, 1.54) is 4.68 Å². The molecule has 136 valence electrons. The molecule has 0 aliphatic carbocycles. The Morgan fingerprint density at radius 3 is 2.52 bits per heavy atom. The van der Waals surface area contributed by atoms with Crippen molar-refractivity contribution in [2.75, 3.05) is 6.61 Å². The second kappa shape index (κ2) is 6.87. The molecule has 0 fully saturated rings. The van der Waals surface area contributed by atoms with E-state index in [9.17, 15) is 4.79 Å². The molecule has 4 rings (SSSR count). The van der Waals surface area contributed by atoms with Gasteiger partial charge < -0.3 is 9.30 Å². The third-order valence-corrected chi connectivity index (χ3v) is 3.97. The number of benzene rings is 1. The Bertz CT molecular complexity index is 1060. The normalized spacial score (nSPS) is 10.9. The Balaban J connectivity index is 1.91. The molecule has 1 aromatic carbocycles. The fourth-order valence-electron chi connectivity index (χ4n) is 2.69. The van der Waals surface area contributed by atoms with Gasteiger partial charge in [-0.25, -0.2) is 9.42 Å². The summed E-state index contributed by atoms with van der Waals surface area (Å²) < 4.78 is 13.2. The number of aryl methyl sites for hydroxylation is 1. The zero-order valence-corrected chi connectivity index (χ0v) is 14.7. The van der Waals surface area contributed by atoms with E-state index in [1.807, 2.05) is 43.3 Å². The van der Waals surface area contributed by atoms with Crippen molar-refractivity contribution in [3.63, 3.8) is 0 Å². The van der Waals surface area contributed by atoms with Gasteiger partial charge in [-0.05, 0) is 36.3 Å². The Morgan fingerprint density at radius 2 is 1.81 bits per heavy atom. The lowest BCUT2D eigenvalue weighted by Crippen LogP contribution is -2.09. The number of esters is 1. The fourth-order valence-corrected chi connectivity index (χ4v) is 2.69. The highest BCUT2D eigenvalue weighted by Gasteiger charge is 2.26. The molecule has 0 saturated carbocycles. The number of rotatable bonds is 5. The summed E-state index contributed by atoms with van der Waals surface area (Å²) in [6, 6.07) is 11.4. The van der Waals surface area contributed by atoms with E-state index >= 15 is 0 Å². The Hall–Kier alpha value is -3.75. The minimum absolute atomic E-state index is 0.0992. The summed E-state index contributed by atoms with van der Waals surface area (Å²) in [6.07, 6.45) is 3.61. The summed E-state index contributed by atoms with van der Waals surface area (Å²) in [5.41, 5.74) is 2.39. The molecule has 0 radical (unpaired) electrons. The first-order valence-electron chi connectivity index (χ1n) is 8.35. The predicted molar refractivity (Wildman–Crippen MR) is 94.7 cm³/mol. The van der Waals surface area contributed by atoms with E-state index in [0.717, 1.165) is 11.1 Å². The molecule has 0 bridgehead atoms. The van der Waals surface area contributed by atoms with E-state index in [-0.39, 0.29) is 12.3 Å². The van der Waals surface area contributed by atoms with Crippen molar-refractivity contribution in [2.24, 2.45) is 0 Å². The van der Waals surface area contributed by atoms with Crippen LogP contribution >= 0.6 is 0 Å². The van der Waals surface area contributed by atoms with Crippen LogP contribution in [0.25, 0.3) is 22.9 Å². The van der Waals surface area contributed by atoms with Gasteiger partial charge in [-0.2, -0.15) is 4.68 Å². The number of nitrogens with zero attached hydrogens (tertiary/aromatic N) is 6. The average Bonchev–Trinajstić information content (AvgIpc) is 3.41. The molecule has 9 heteroatoms. The molecule has 0 unspecified atom stereocenters. The number of carbonyl (C=O) groups excluding carboxylic acids is 1. The Morgan fingerprint density at radius 1 is 1.11 bits per heavy atom. The lowest BCUT2D eigenvalue weighted by atomic mass is 10.1. The van der Waals surface area contributed by atoms with Crippen LogP contribution in [0.15, 0.2) is 53.4 Å². The zero-order valence-electron chi connectivity index (χ0n) is 14.7. The van der Waals surface area contributed by atoms with Gasteiger partial charge in [-0.1, -0.05) is 35.0 Å². The largest absolute Gasteiger partial charge is 0.461 e. The predicted octanol–water partition coefficient (Wildman–Crippen LogP) is 2.59. The maximum absolute atomic E-state index is 12.4. The number of aromatic nitrogens is 6. The average molecular weight is 364 g/mol. The van der Waals surface area contributed by atoms with Crippen LogP contribution in [0.4, 0.5) is 0 Å². The zero-order chi connectivity index (χ0) is 18.8. The van der Waals surface area contributed by atoms with Crippen LogP contribution in [0.5, 0.6) is 0 Å². The van der Waals surface area contributed by atoms with Crippen molar-refractivity contribution in [3.8, 4) is 22.9 Å². The van der Waals surface area contributed by atoms with E-state index in [0.29, 0.717) is 17.3 Å². The second-order valence-electron chi connectivity index (χ2n) is 5.79. The molecule has 0 aliphatic heterocycles. The molecule has 3 heterocycles. The summed E-state index contributed by atoms with van der Waals surface area (Å²) in [6.45, 7) is 3.95. The molecule has 0 atom stereocenters. The molecule has 27 heavy (non-hydrogen) atoms. The maximum Gasteiger partial charge on any atom is 0.361 e. The van der Waals surface area contributed by atoms with Gasteiger partial charge in [-0.3, -0.25) is 0 Å². The molecule has 0 saturated heterocycles. The van der Waals surface area contributed by atoms with Crippen LogP contribution in [0.2, 0.25) is 0 Å². The molecule has 9 nitrogen and oxygen atoms in total. The minimum Gasteiger partial charge on any atom is -0.461 e. The van der Waals surface area contributed by atoms with Gasteiger partial charge in [-0.15, -0.1) is 5.10 Å². The van der Waals surface area contributed by atoms with E-state index in [1.54, 1.807) is 23.9 Å². The first-order chi connectivity index (χ1) is 13.2. The highest BCUT2D eigenvalue weighted by Crippen LogP contribution is 2.27. The summed E-state index contributed by atoms with van der Waals surface area (Å²) >= 11 is 0. The third-order valence-electron chi connectivity index (χ3n) is 3.97. The topological polar surface area (TPSA) is 101 Å². The quantitative estimate of drug-likeness (QED) is 0.502. The smallest absolute Gasteiger partial charge is 0.361 e. The van der Waals surface area contributed by atoms with Gasteiger partial charge in [0.1, 0.15) is 5.69 Å². The molecule has 0 amide bonds. The third kappa shape index (κ3) is 2.99. The van der Waals surface area contributed by atoms with Crippen LogP contribution in [0.3, 0.4) is 0 Å². The van der Waals surface area contributed by atoms with Crippen LogP contribution in [-0.4, -0.2) is 42.5 Å². The molecule has 3 aromatic heterocycles. The van der Waals surface area contributed by atoms with Crippen molar-refractivity contribution in [1.82, 2.24) is 29.9 Å². The van der Waals surface area contributed by atoms with Gasteiger partial charge >= 0.3 is 5.97 Å².